The van der Waals surface area contributed by atoms with Crippen molar-refractivity contribution in [1.29, 1.82) is 0 Å². The van der Waals surface area contributed by atoms with E-state index in [2.05, 4.69) is 29.1 Å². The molecule has 0 radical (unpaired) electrons. The predicted molar refractivity (Wildman–Crippen MR) is 103 cm³/mol. The number of pyridine rings is 1. The van der Waals surface area contributed by atoms with Gasteiger partial charge < -0.3 is 0 Å². The maximum absolute atomic E-state index is 12.6. The minimum atomic E-state index is -0.264. The molecule has 2 heterocycles. The molecule has 7 heteroatoms. The van der Waals surface area contributed by atoms with E-state index >= 15 is 0 Å². The highest BCUT2D eigenvalue weighted by Gasteiger charge is 2.34. The van der Waals surface area contributed by atoms with Crippen molar-refractivity contribution in [2.75, 3.05) is 5.32 Å². The van der Waals surface area contributed by atoms with E-state index in [1.54, 1.807) is 24.3 Å². The van der Waals surface area contributed by atoms with Crippen LogP contribution in [0.5, 0.6) is 0 Å². The number of aromatic nitrogens is 2. The maximum Gasteiger partial charge on any atom is 0.257 e. The number of hydrogen-bond acceptors (Lipinski definition) is 5. The number of nitrogens with one attached hydrogen (secondary N) is 1. The summed E-state index contributed by atoms with van der Waals surface area (Å²) in [6.07, 6.45) is 1.25. The van der Waals surface area contributed by atoms with Gasteiger partial charge in [-0.1, -0.05) is 36.8 Å². The molecular weight excluding hydrogens is 370 g/mol. The second-order valence-electron chi connectivity index (χ2n) is 7.23. The summed E-state index contributed by atoms with van der Waals surface area (Å²) in [5, 5.41) is 4.51. The first-order valence-electron chi connectivity index (χ1n) is 8.21. The SMILES string of the molecule is CC1(C)CC(=O)c2sc(NC(=O)c3ccc4nc(Cl)ccc4c3)nc2C1. The Kier molecular flexibility index (Phi) is 4.04. The van der Waals surface area contributed by atoms with Crippen molar-refractivity contribution in [3.05, 3.63) is 51.6 Å². The van der Waals surface area contributed by atoms with Gasteiger partial charge in [-0.15, -0.1) is 0 Å². The largest absolute Gasteiger partial charge is 0.298 e. The summed E-state index contributed by atoms with van der Waals surface area (Å²) < 4.78 is 0. The number of anilines is 1. The normalized spacial score (nSPS) is 15.7. The third kappa shape index (κ3) is 3.22. The molecule has 0 bridgehead atoms. The summed E-state index contributed by atoms with van der Waals surface area (Å²) in [5.41, 5.74) is 1.92. The van der Waals surface area contributed by atoms with Crippen LogP contribution in [0.1, 0.15) is 46.0 Å². The van der Waals surface area contributed by atoms with Crippen molar-refractivity contribution in [1.82, 2.24) is 9.97 Å². The number of amides is 1. The van der Waals surface area contributed by atoms with Gasteiger partial charge in [0.2, 0.25) is 0 Å². The minimum absolute atomic E-state index is 0.0912. The van der Waals surface area contributed by atoms with E-state index in [0.717, 1.165) is 23.0 Å². The van der Waals surface area contributed by atoms with E-state index in [0.29, 0.717) is 27.1 Å². The van der Waals surface area contributed by atoms with Gasteiger partial charge in [-0.3, -0.25) is 14.9 Å². The van der Waals surface area contributed by atoms with Gasteiger partial charge in [0.15, 0.2) is 10.9 Å². The number of fused-ring (bicyclic) bond motifs is 2. The molecule has 0 saturated carbocycles. The molecule has 4 rings (SSSR count). The molecule has 0 saturated heterocycles. The Morgan fingerprint density at radius 2 is 2.00 bits per heavy atom. The molecule has 1 aliphatic rings. The Morgan fingerprint density at radius 3 is 2.81 bits per heavy atom. The van der Waals surface area contributed by atoms with Crippen LogP contribution >= 0.6 is 22.9 Å². The summed E-state index contributed by atoms with van der Waals surface area (Å²) in [4.78, 5) is 34.2. The Hall–Kier alpha value is -2.31. The molecule has 3 aromatic rings. The topological polar surface area (TPSA) is 72.0 Å². The minimum Gasteiger partial charge on any atom is -0.298 e. The number of nitrogens with zero attached hydrogens (tertiary/aromatic N) is 2. The van der Waals surface area contributed by atoms with E-state index in [9.17, 15) is 9.59 Å². The van der Waals surface area contributed by atoms with Gasteiger partial charge in [-0.2, -0.15) is 0 Å². The Balaban J connectivity index is 1.59. The van der Waals surface area contributed by atoms with Crippen molar-refractivity contribution in [2.45, 2.75) is 26.7 Å². The molecule has 0 spiro atoms. The van der Waals surface area contributed by atoms with Crippen LogP contribution in [0.25, 0.3) is 10.9 Å². The van der Waals surface area contributed by atoms with Crippen molar-refractivity contribution < 1.29 is 9.59 Å². The zero-order chi connectivity index (χ0) is 18.5. The number of Topliss-reactive ketones (excluding diaryl/α,β-unsaturated/α-hetero) is 1. The monoisotopic (exact) mass is 385 g/mol. The highest BCUT2D eigenvalue weighted by molar-refractivity contribution is 7.17. The molecule has 0 atom stereocenters. The lowest BCUT2D eigenvalue weighted by atomic mass is 9.78. The smallest absolute Gasteiger partial charge is 0.257 e. The van der Waals surface area contributed by atoms with Crippen molar-refractivity contribution in [3.8, 4) is 0 Å². The molecule has 0 fully saturated rings. The number of rotatable bonds is 2. The van der Waals surface area contributed by atoms with E-state index in [-0.39, 0.29) is 17.1 Å². The Morgan fingerprint density at radius 1 is 1.19 bits per heavy atom. The van der Waals surface area contributed by atoms with Crippen LogP contribution < -0.4 is 5.32 Å². The van der Waals surface area contributed by atoms with E-state index in [1.165, 1.54) is 11.3 Å². The summed E-state index contributed by atoms with van der Waals surface area (Å²) in [5.74, 6) is -0.164. The van der Waals surface area contributed by atoms with Gasteiger partial charge in [0, 0.05) is 17.4 Å². The number of thiazole rings is 1. The molecule has 0 unspecified atom stereocenters. The summed E-state index contributed by atoms with van der Waals surface area (Å²) in [6, 6.07) is 8.73. The van der Waals surface area contributed by atoms with E-state index in [4.69, 9.17) is 11.6 Å². The highest BCUT2D eigenvalue weighted by Crippen LogP contribution is 2.38. The van der Waals surface area contributed by atoms with E-state index < -0.39 is 0 Å². The summed E-state index contributed by atoms with van der Waals surface area (Å²) >= 11 is 7.14. The van der Waals surface area contributed by atoms with Crippen molar-refractivity contribution in [3.63, 3.8) is 0 Å². The first kappa shape index (κ1) is 17.1. The van der Waals surface area contributed by atoms with Gasteiger partial charge in [0.05, 0.1) is 16.1 Å². The van der Waals surface area contributed by atoms with Crippen LogP contribution in [-0.4, -0.2) is 21.7 Å². The van der Waals surface area contributed by atoms with Gasteiger partial charge >= 0.3 is 0 Å². The maximum atomic E-state index is 12.6. The van der Waals surface area contributed by atoms with Crippen LogP contribution in [-0.2, 0) is 6.42 Å². The fraction of sp³-hybridized carbons (Fsp3) is 0.263. The van der Waals surface area contributed by atoms with Crippen LogP contribution in [0.4, 0.5) is 5.13 Å². The van der Waals surface area contributed by atoms with Crippen LogP contribution in [0.15, 0.2) is 30.3 Å². The van der Waals surface area contributed by atoms with Crippen LogP contribution in [0.3, 0.4) is 0 Å². The van der Waals surface area contributed by atoms with Gasteiger partial charge in [-0.25, -0.2) is 9.97 Å². The second-order valence-corrected chi connectivity index (χ2v) is 8.62. The van der Waals surface area contributed by atoms with Gasteiger partial charge in [0.25, 0.3) is 5.91 Å². The number of carbonyl (C=O) groups excluding carboxylic acids is 2. The molecule has 132 valence electrons. The molecule has 1 aromatic carbocycles. The number of carbonyl (C=O) groups is 2. The summed E-state index contributed by atoms with van der Waals surface area (Å²) in [7, 11) is 0. The fourth-order valence-corrected chi connectivity index (χ4v) is 4.25. The molecule has 5 nitrogen and oxygen atoms in total. The second kappa shape index (κ2) is 6.14. The average molecular weight is 386 g/mol. The number of hydrogen-bond donors (Lipinski definition) is 1. The van der Waals surface area contributed by atoms with Crippen LogP contribution in [0.2, 0.25) is 5.15 Å². The van der Waals surface area contributed by atoms with Gasteiger partial charge in [0.1, 0.15) is 5.15 Å². The average Bonchev–Trinajstić information content (AvgIpc) is 2.95. The predicted octanol–water partition coefficient (Wildman–Crippen LogP) is 4.75. The molecular formula is C19H16ClN3O2S. The zero-order valence-corrected chi connectivity index (χ0v) is 15.9. The Labute approximate surface area is 159 Å². The van der Waals surface area contributed by atoms with Crippen molar-refractivity contribution >= 4 is 50.7 Å². The molecule has 0 aliphatic heterocycles. The quantitative estimate of drug-likeness (QED) is 0.646. The first-order chi connectivity index (χ1) is 12.3. The van der Waals surface area contributed by atoms with Crippen molar-refractivity contribution in [2.24, 2.45) is 5.41 Å². The third-order valence-electron chi connectivity index (χ3n) is 4.37. The number of halogens is 1. The Bertz CT molecular complexity index is 1060. The van der Waals surface area contributed by atoms with Gasteiger partial charge in [-0.05, 0) is 42.2 Å². The number of ketones is 1. The molecule has 1 aliphatic carbocycles. The molecule has 1 amide bonds. The fourth-order valence-electron chi connectivity index (χ4n) is 3.18. The number of benzene rings is 1. The first-order valence-corrected chi connectivity index (χ1v) is 9.41. The molecule has 2 aromatic heterocycles. The van der Waals surface area contributed by atoms with E-state index in [1.807, 2.05) is 6.07 Å². The summed E-state index contributed by atoms with van der Waals surface area (Å²) in [6.45, 7) is 4.11. The standard InChI is InChI=1S/C19H16ClN3O2S/c1-19(2)8-13-16(14(24)9-19)26-18(22-13)23-17(25)11-3-5-12-10(7-11)4-6-15(20)21-12/h3-7H,8-9H2,1-2H3,(H,22,23,25). The lowest BCUT2D eigenvalue weighted by molar-refractivity contribution is 0.0915. The highest BCUT2D eigenvalue weighted by atomic mass is 35.5. The lowest BCUT2D eigenvalue weighted by Gasteiger charge is -2.26. The zero-order valence-electron chi connectivity index (χ0n) is 14.3. The van der Waals surface area contributed by atoms with Crippen LogP contribution in [0, 0.1) is 5.41 Å². The molecule has 1 N–H and O–H groups in total. The molecule has 26 heavy (non-hydrogen) atoms. The lowest BCUT2D eigenvalue weighted by Crippen LogP contribution is -2.26. The third-order valence-corrected chi connectivity index (χ3v) is 5.64.